The van der Waals surface area contributed by atoms with Crippen LogP contribution < -0.4 is 5.32 Å². The van der Waals surface area contributed by atoms with Crippen LogP contribution in [0.15, 0.2) is 0 Å². The second-order valence-corrected chi connectivity index (χ2v) is 6.35. The summed E-state index contributed by atoms with van der Waals surface area (Å²) in [6.07, 6.45) is 3.33. The molecule has 0 radical (unpaired) electrons. The molecule has 0 aromatic carbocycles. The minimum atomic E-state index is 0.437. The van der Waals surface area contributed by atoms with Gasteiger partial charge >= 0.3 is 0 Å². The third-order valence-electron chi connectivity index (χ3n) is 4.71. The van der Waals surface area contributed by atoms with Crippen molar-refractivity contribution in [1.29, 1.82) is 0 Å². The van der Waals surface area contributed by atoms with Gasteiger partial charge in [-0.05, 0) is 40.3 Å². The zero-order valence-corrected chi connectivity index (χ0v) is 13.1. The second kappa shape index (κ2) is 7.02. The lowest BCUT2D eigenvalue weighted by Gasteiger charge is -2.43. The minimum Gasteiger partial charge on any atom is -0.372 e. The summed E-state index contributed by atoms with van der Waals surface area (Å²) in [5.74, 6) is 0. The average Bonchev–Trinajstić information content (AvgIpc) is 2.81. The van der Waals surface area contributed by atoms with Crippen molar-refractivity contribution in [1.82, 2.24) is 15.1 Å². The highest BCUT2D eigenvalue weighted by molar-refractivity contribution is 4.85. The topological polar surface area (TPSA) is 27.7 Å². The number of piperazine rings is 1. The van der Waals surface area contributed by atoms with Gasteiger partial charge in [-0.1, -0.05) is 6.92 Å². The Morgan fingerprint density at radius 2 is 1.74 bits per heavy atom. The van der Waals surface area contributed by atoms with Gasteiger partial charge in [0, 0.05) is 38.3 Å². The first kappa shape index (κ1) is 15.2. The van der Waals surface area contributed by atoms with Gasteiger partial charge in [0.05, 0.1) is 12.2 Å². The van der Waals surface area contributed by atoms with Crippen LogP contribution in [0.25, 0.3) is 0 Å². The molecule has 112 valence electrons. The number of ether oxygens (including phenoxy) is 1. The molecule has 4 unspecified atom stereocenters. The Balaban J connectivity index is 1.73. The van der Waals surface area contributed by atoms with E-state index >= 15 is 0 Å². The molecule has 4 nitrogen and oxygen atoms in total. The minimum absolute atomic E-state index is 0.437. The van der Waals surface area contributed by atoms with E-state index in [-0.39, 0.29) is 0 Å². The summed E-state index contributed by atoms with van der Waals surface area (Å²) in [4.78, 5) is 5.08. The Kier molecular flexibility index (Phi) is 5.63. The molecule has 2 aliphatic rings. The van der Waals surface area contributed by atoms with Crippen molar-refractivity contribution in [2.75, 3.05) is 39.8 Å². The fourth-order valence-electron chi connectivity index (χ4n) is 3.32. The van der Waals surface area contributed by atoms with Crippen LogP contribution in [-0.2, 0) is 4.74 Å². The highest BCUT2D eigenvalue weighted by Gasteiger charge is 2.31. The van der Waals surface area contributed by atoms with Crippen LogP contribution in [-0.4, -0.2) is 73.9 Å². The highest BCUT2D eigenvalue weighted by atomic mass is 16.5. The molecule has 2 aliphatic heterocycles. The Morgan fingerprint density at radius 1 is 1.11 bits per heavy atom. The quantitative estimate of drug-likeness (QED) is 0.811. The zero-order chi connectivity index (χ0) is 13.8. The maximum absolute atomic E-state index is 6.15. The molecule has 4 heteroatoms. The van der Waals surface area contributed by atoms with E-state index in [2.05, 4.69) is 42.9 Å². The number of rotatable bonds is 5. The standard InChI is InChI=1S/C15H31N3O/c1-5-16-8-14-6-7-15(19-14)11-18-9-12(2)17(4)13(3)10-18/h12-16H,5-11H2,1-4H3. The number of hydrogen-bond acceptors (Lipinski definition) is 4. The molecule has 2 rings (SSSR count). The Labute approximate surface area is 118 Å². The van der Waals surface area contributed by atoms with E-state index in [4.69, 9.17) is 4.74 Å². The summed E-state index contributed by atoms with van der Waals surface area (Å²) >= 11 is 0. The lowest BCUT2D eigenvalue weighted by molar-refractivity contribution is -0.00468. The van der Waals surface area contributed by atoms with Crippen LogP contribution in [0.3, 0.4) is 0 Å². The van der Waals surface area contributed by atoms with Gasteiger partial charge in [0.1, 0.15) is 0 Å². The van der Waals surface area contributed by atoms with Crippen molar-refractivity contribution in [3.8, 4) is 0 Å². The fourth-order valence-corrected chi connectivity index (χ4v) is 3.32. The van der Waals surface area contributed by atoms with Gasteiger partial charge < -0.3 is 10.1 Å². The number of nitrogens with one attached hydrogen (secondary N) is 1. The molecule has 0 aliphatic carbocycles. The van der Waals surface area contributed by atoms with Gasteiger partial charge in [-0.25, -0.2) is 0 Å². The summed E-state index contributed by atoms with van der Waals surface area (Å²) in [6.45, 7) is 12.3. The van der Waals surface area contributed by atoms with Crippen molar-refractivity contribution >= 4 is 0 Å². The van der Waals surface area contributed by atoms with E-state index in [0.29, 0.717) is 24.3 Å². The van der Waals surface area contributed by atoms with Crippen molar-refractivity contribution < 1.29 is 4.74 Å². The summed E-state index contributed by atoms with van der Waals surface area (Å²) in [5, 5.41) is 3.39. The van der Waals surface area contributed by atoms with Gasteiger partial charge in [0.15, 0.2) is 0 Å². The predicted molar refractivity (Wildman–Crippen MR) is 79.6 cm³/mol. The molecule has 1 N–H and O–H groups in total. The van der Waals surface area contributed by atoms with Crippen LogP contribution in [0.2, 0.25) is 0 Å². The molecular formula is C15H31N3O. The van der Waals surface area contributed by atoms with Gasteiger partial charge in [-0.15, -0.1) is 0 Å². The third kappa shape index (κ3) is 4.15. The normalized spacial score (nSPS) is 37.9. The molecule has 0 aromatic rings. The zero-order valence-electron chi connectivity index (χ0n) is 13.1. The Bertz CT molecular complexity index is 262. The van der Waals surface area contributed by atoms with E-state index in [9.17, 15) is 0 Å². The molecule has 0 aromatic heterocycles. The highest BCUT2D eigenvalue weighted by Crippen LogP contribution is 2.22. The molecule has 2 fully saturated rings. The lowest BCUT2D eigenvalue weighted by atomic mass is 10.1. The molecule has 2 saturated heterocycles. The van der Waals surface area contributed by atoms with Gasteiger partial charge in [-0.2, -0.15) is 0 Å². The first-order valence-electron chi connectivity index (χ1n) is 7.90. The molecule has 2 heterocycles. The molecule has 0 amide bonds. The largest absolute Gasteiger partial charge is 0.372 e. The van der Waals surface area contributed by atoms with Crippen molar-refractivity contribution in [2.45, 2.75) is 57.9 Å². The Hall–Kier alpha value is -0.160. The smallest absolute Gasteiger partial charge is 0.0707 e. The van der Waals surface area contributed by atoms with E-state index in [1.165, 1.54) is 25.9 Å². The van der Waals surface area contributed by atoms with E-state index in [1.807, 2.05) is 0 Å². The molecule has 0 saturated carbocycles. The molecule has 0 bridgehead atoms. The van der Waals surface area contributed by atoms with Crippen LogP contribution in [0.5, 0.6) is 0 Å². The van der Waals surface area contributed by atoms with Crippen LogP contribution >= 0.6 is 0 Å². The van der Waals surface area contributed by atoms with Crippen molar-refractivity contribution in [2.24, 2.45) is 0 Å². The van der Waals surface area contributed by atoms with Crippen molar-refractivity contribution in [3.63, 3.8) is 0 Å². The monoisotopic (exact) mass is 269 g/mol. The molecule has 0 spiro atoms. The second-order valence-electron chi connectivity index (χ2n) is 6.35. The maximum atomic E-state index is 6.15. The maximum Gasteiger partial charge on any atom is 0.0707 e. The molecular weight excluding hydrogens is 238 g/mol. The van der Waals surface area contributed by atoms with E-state index < -0.39 is 0 Å². The fraction of sp³-hybridized carbons (Fsp3) is 1.00. The summed E-state index contributed by atoms with van der Waals surface area (Å²) in [6, 6.07) is 1.31. The summed E-state index contributed by atoms with van der Waals surface area (Å²) in [7, 11) is 2.24. The Morgan fingerprint density at radius 3 is 2.37 bits per heavy atom. The summed E-state index contributed by atoms with van der Waals surface area (Å²) < 4.78 is 6.15. The first-order chi connectivity index (χ1) is 9.10. The van der Waals surface area contributed by atoms with Gasteiger partial charge in [0.2, 0.25) is 0 Å². The average molecular weight is 269 g/mol. The molecule has 19 heavy (non-hydrogen) atoms. The SMILES string of the molecule is CCNCC1CCC(CN2CC(C)N(C)C(C)C2)O1. The lowest BCUT2D eigenvalue weighted by Crippen LogP contribution is -2.56. The summed E-state index contributed by atoms with van der Waals surface area (Å²) in [5.41, 5.74) is 0. The third-order valence-corrected chi connectivity index (χ3v) is 4.71. The van der Waals surface area contributed by atoms with Crippen molar-refractivity contribution in [3.05, 3.63) is 0 Å². The predicted octanol–water partition coefficient (Wildman–Crippen LogP) is 1.17. The van der Waals surface area contributed by atoms with Gasteiger partial charge in [0.25, 0.3) is 0 Å². The van der Waals surface area contributed by atoms with E-state index in [0.717, 1.165) is 19.6 Å². The molecule has 4 atom stereocenters. The number of likely N-dealkylation sites (N-methyl/N-ethyl adjacent to an activating group) is 2. The van der Waals surface area contributed by atoms with Crippen LogP contribution in [0.4, 0.5) is 0 Å². The van der Waals surface area contributed by atoms with Crippen LogP contribution in [0.1, 0.15) is 33.6 Å². The van der Waals surface area contributed by atoms with E-state index in [1.54, 1.807) is 0 Å². The first-order valence-corrected chi connectivity index (χ1v) is 7.90. The number of nitrogens with zero attached hydrogens (tertiary/aromatic N) is 2. The van der Waals surface area contributed by atoms with Crippen LogP contribution in [0, 0.1) is 0 Å². The number of hydrogen-bond donors (Lipinski definition) is 1. The van der Waals surface area contributed by atoms with Gasteiger partial charge in [-0.3, -0.25) is 9.80 Å².